The maximum absolute atomic E-state index is 13.0. The number of benzene rings is 1. The number of nitriles is 1. The van der Waals surface area contributed by atoms with Crippen molar-refractivity contribution in [2.24, 2.45) is 0 Å². The summed E-state index contributed by atoms with van der Waals surface area (Å²) in [7, 11) is 0. The van der Waals surface area contributed by atoms with Crippen LogP contribution in [0.15, 0.2) is 12.1 Å². The third-order valence-corrected chi connectivity index (χ3v) is 2.32. The average molecular weight is 243 g/mol. The summed E-state index contributed by atoms with van der Waals surface area (Å²) in [4.78, 5) is 0. The van der Waals surface area contributed by atoms with Crippen LogP contribution < -0.4 is 0 Å². The molecular formula is C11H11F2NO3. The van der Waals surface area contributed by atoms with Crippen molar-refractivity contribution in [2.45, 2.75) is 18.6 Å². The molecule has 0 aliphatic rings. The topological polar surface area (TPSA) is 84.5 Å². The number of aliphatic hydroxyl groups is 3. The molecule has 3 N–H and O–H groups in total. The maximum atomic E-state index is 13.0. The first kappa shape index (κ1) is 13.5. The van der Waals surface area contributed by atoms with E-state index in [-0.39, 0.29) is 24.2 Å². The lowest BCUT2D eigenvalue weighted by molar-refractivity contribution is 0.00388. The monoisotopic (exact) mass is 243 g/mol. The molecule has 0 aliphatic heterocycles. The molecule has 0 fully saturated rings. The van der Waals surface area contributed by atoms with E-state index in [0.717, 1.165) is 0 Å². The van der Waals surface area contributed by atoms with Gasteiger partial charge in [-0.25, -0.2) is 8.78 Å². The molecule has 92 valence electrons. The highest BCUT2D eigenvalue weighted by Gasteiger charge is 2.22. The smallest absolute Gasteiger partial charge is 0.160 e. The van der Waals surface area contributed by atoms with Crippen LogP contribution in [0.3, 0.4) is 0 Å². The van der Waals surface area contributed by atoms with Gasteiger partial charge in [0.15, 0.2) is 11.6 Å². The van der Waals surface area contributed by atoms with Crippen LogP contribution in [0.25, 0.3) is 0 Å². The fraction of sp³-hybridized carbons (Fsp3) is 0.364. The summed E-state index contributed by atoms with van der Waals surface area (Å²) in [5.41, 5.74) is -0.458. The first-order valence-electron chi connectivity index (χ1n) is 4.87. The van der Waals surface area contributed by atoms with Crippen LogP contribution in [0, 0.1) is 23.0 Å². The second-order valence-electron chi connectivity index (χ2n) is 3.49. The highest BCUT2D eigenvalue weighted by atomic mass is 19.2. The van der Waals surface area contributed by atoms with E-state index < -0.39 is 23.8 Å². The van der Waals surface area contributed by atoms with E-state index in [1.165, 1.54) is 0 Å². The molecule has 6 heteroatoms. The van der Waals surface area contributed by atoms with Crippen LogP contribution in [0.1, 0.15) is 23.7 Å². The first-order valence-corrected chi connectivity index (χ1v) is 4.87. The van der Waals surface area contributed by atoms with Crippen molar-refractivity contribution in [3.63, 3.8) is 0 Å². The van der Waals surface area contributed by atoms with Gasteiger partial charge in [0.25, 0.3) is 0 Å². The van der Waals surface area contributed by atoms with Crippen LogP contribution in [0.5, 0.6) is 0 Å². The van der Waals surface area contributed by atoms with Crippen molar-refractivity contribution in [3.05, 3.63) is 34.9 Å². The highest BCUT2D eigenvalue weighted by molar-refractivity contribution is 5.40. The molecule has 2 unspecified atom stereocenters. The summed E-state index contributed by atoms with van der Waals surface area (Å²) in [6.07, 6.45) is -3.03. The molecule has 2 atom stereocenters. The third-order valence-electron chi connectivity index (χ3n) is 2.32. The molecule has 0 amide bonds. The quantitative estimate of drug-likeness (QED) is 0.723. The van der Waals surface area contributed by atoms with Crippen LogP contribution in [0.4, 0.5) is 8.78 Å². The Morgan fingerprint density at radius 3 is 2.35 bits per heavy atom. The van der Waals surface area contributed by atoms with Gasteiger partial charge in [-0.05, 0) is 18.6 Å². The van der Waals surface area contributed by atoms with Gasteiger partial charge < -0.3 is 15.3 Å². The standard InChI is InChI=1S/C11H11F2NO3/c12-8-3-6(5-14)7(4-9(8)13)11(17)10(16)1-2-15/h3-4,10-11,15-17H,1-2H2. The Balaban J connectivity index is 3.13. The molecule has 17 heavy (non-hydrogen) atoms. The predicted molar refractivity (Wildman–Crippen MR) is 53.7 cm³/mol. The lowest BCUT2D eigenvalue weighted by atomic mass is 9.97. The Kier molecular flexibility index (Phi) is 4.52. The third kappa shape index (κ3) is 2.97. The molecule has 0 radical (unpaired) electrons. The zero-order valence-electron chi connectivity index (χ0n) is 8.77. The van der Waals surface area contributed by atoms with Gasteiger partial charge in [0, 0.05) is 12.2 Å². The molecule has 0 saturated heterocycles. The van der Waals surface area contributed by atoms with E-state index in [2.05, 4.69) is 0 Å². The van der Waals surface area contributed by atoms with Gasteiger partial charge >= 0.3 is 0 Å². The molecule has 0 aromatic heterocycles. The number of halogens is 2. The average Bonchev–Trinajstić information content (AvgIpc) is 2.31. The van der Waals surface area contributed by atoms with Crippen molar-refractivity contribution in [1.82, 2.24) is 0 Å². The fourth-order valence-corrected chi connectivity index (χ4v) is 1.40. The van der Waals surface area contributed by atoms with Gasteiger partial charge in [-0.2, -0.15) is 5.26 Å². The number of rotatable bonds is 4. The summed E-state index contributed by atoms with van der Waals surface area (Å²) in [6.45, 7) is -0.371. The maximum Gasteiger partial charge on any atom is 0.160 e. The summed E-state index contributed by atoms with van der Waals surface area (Å²) in [5.74, 6) is -2.41. The fourth-order valence-electron chi connectivity index (χ4n) is 1.40. The number of hydrogen-bond acceptors (Lipinski definition) is 4. The highest BCUT2D eigenvalue weighted by Crippen LogP contribution is 2.24. The Bertz CT molecular complexity index is 445. The molecular weight excluding hydrogens is 232 g/mol. The van der Waals surface area contributed by atoms with E-state index in [9.17, 15) is 19.0 Å². The summed E-state index contributed by atoms with van der Waals surface area (Å²) >= 11 is 0. The summed E-state index contributed by atoms with van der Waals surface area (Å²) < 4.78 is 25.8. The van der Waals surface area contributed by atoms with Gasteiger partial charge in [0.05, 0.1) is 17.7 Å². The van der Waals surface area contributed by atoms with Gasteiger partial charge in [0.1, 0.15) is 6.10 Å². The van der Waals surface area contributed by atoms with Crippen LogP contribution in [0.2, 0.25) is 0 Å². The van der Waals surface area contributed by atoms with Crippen LogP contribution in [-0.4, -0.2) is 28.0 Å². The lowest BCUT2D eigenvalue weighted by Gasteiger charge is -2.18. The van der Waals surface area contributed by atoms with E-state index in [1.54, 1.807) is 6.07 Å². The number of hydrogen-bond donors (Lipinski definition) is 3. The van der Waals surface area contributed by atoms with Gasteiger partial charge in [-0.3, -0.25) is 0 Å². The van der Waals surface area contributed by atoms with Crippen molar-refractivity contribution >= 4 is 0 Å². The normalized spacial score (nSPS) is 14.1. The van der Waals surface area contributed by atoms with Gasteiger partial charge in [-0.1, -0.05) is 0 Å². The lowest BCUT2D eigenvalue weighted by Crippen LogP contribution is -2.20. The predicted octanol–water partition coefficient (Wildman–Crippen LogP) is 0.613. The van der Waals surface area contributed by atoms with Gasteiger partial charge in [-0.15, -0.1) is 0 Å². The molecule has 0 aliphatic carbocycles. The minimum absolute atomic E-state index is 0.134. The first-order chi connectivity index (χ1) is 8.01. The Labute approximate surface area is 96.4 Å². The zero-order valence-corrected chi connectivity index (χ0v) is 8.77. The van der Waals surface area contributed by atoms with Crippen molar-refractivity contribution < 1.29 is 24.1 Å². The molecule has 0 saturated carbocycles. The van der Waals surface area contributed by atoms with E-state index >= 15 is 0 Å². The molecule has 1 rings (SSSR count). The number of aliphatic hydroxyl groups excluding tert-OH is 3. The van der Waals surface area contributed by atoms with E-state index in [4.69, 9.17) is 10.4 Å². The SMILES string of the molecule is N#Cc1cc(F)c(F)cc1C(O)C(O)CCO. The Hall–Kier alpha value is -1.55. The van der Waals surface area contributed by atoms with E-state index in [1.807, 2.05) is 0 Å². The second-order valence-corrected chi connectivity index (χ2v) is 3.49. The van der Waals surface area contributed by atoms with Gasteiger partial charge in [0.2, 0.25) is 0 Å². The molecule has 0 spiro atoms. The number of nitrogens with zero attached hydrogens (tertiary/aromatic N) is 1. The summed E-state index contributed by atoms with van der Waals surface area (Å²) in [6, 6.07) is 2.92. The van der Waals surface area contributed by atoms with E-state index in [0.29, 0.717) is 12.1 Å². The molecule has 0 bridgehead atoms. The van der Waals surface area contributed by atoms with Crippen molar-refractivity contribution in [1.29, 1.82) is 5.26 Å². The minimum atomic E-state index is -1.55. The summed E-state index contributed by atoms with van der Waals surface area (Å²) in [5, 5.41) is 36.4. The molecule has 4 nitrogen and oxygen atoms in total. The Morgan fingerprint density at radius 2 is 1.82 bits per heavy atom. The molecule has 1 aromatic rings. The zero-order chi connectivity index (χ0) is 13.0. The minimum Gasteiger partial charge on any atom is -0.396 e. The van der Waals surface area contributed by atoms with Crippen LogP contribution >= 0.6 is 0 Å². The Morgan fingerprint density at radius 1 is 1.24 bits per heavy atom. The van der Waals surface area contributed by atoms with Crippen LogP contribution in [-0.2, 0) is 0 Å². The second kappa shape index (κ2) is 5.68. The molecule has 1 aromatic carbocycles. The van der Waals surface area contributed by atoms with Crippen molar-refractivity contribution in [3.8, 4) is 6.07 Å². The largest absolute Gasteiger partial charge is 0.396 e. The molecule has 0 heterocycles. The van der Waals surface area contributed by atoms with Crippen molar-refractivity contribution in [2.75, 3.05) is 6.61 Å².